The number of nitrogens with one attached hydrogen (secondary N) is 1. The molecule has 134 valence electrons. The second-order valence-corrected chi connectivity index (χ2v) is 6.88. The molecule has 2 bridgehead atoms. The number of aldehydes is 1. The summed E-state index contributed by atoms with van der Waals surface area (Å²) < 4.78 is 13.6. The van der Waals surface area contributed by atoms with E-state index < -0.39 is 17.5 Å². The zero-order chi connectivity index (χ0) is 18.3. The fourth-order valence-electron chi connectivity index (χ4n) is 4.10. The Balaban J connectivity index is 1.50. The lowest BCUT2D eigenvalue weighted by atomic mass is 10.0. The Morgan fingerprint density at radius 1 is 1.12 bits per heavy atom. The van der Waals surface area contributed by atoms with Crippen molar-refractivity contribution in [3.63, 3.8) is 0 Å². The first-order chi connectivity index (χ1) is 12.6. The minimum Gasteiger partial charge on any atom is -0.504 e. The molecule has 2 aliphatic rings. The number of carbonyl (C=O) groups excluding carboxylic acids is 2. The third-order valence-corrected chi connectivity index (χ3v) is 5.36. The number of nitrogens with zero attached hydrogens (tertiary/aromatic N) is 1. The molecule has 2 aromatic rings. The lowest BCUT2D eigenvalue weighted by Crippen LogP contribution is -2.27. The highest BCUT2D eigenvalue weighted by molar-refractivity contribution is 6.05. The monoisotopic (exact) mass is 354 g/mol. The van der Waals surface area contributed by atoms with Crippen molar-refractivity contribution in [2.45, 2.75) is 37.8 Å². The first-order valence-electron chi connectivity index (χ1n) is 8.74. The van der Waals surface area contributed by atoms with Gasteiger partial charge < -0.3 is 15.3 Å². The zero-order valence-corrected chi connectivity index (χ0v) is 14.1. The molecule has 26 heavy (non-hydrogen) atoms. The van der Waals surface area contributed by atoms with Crippen LogP contribution in [0, 0.1) is 5.82 Å². The van der Waals surface area contributed by atoms with E-state index in [1.54, 1.807) is 0 Å². The summed E-state index contributed by atoms with van der Waals surface area (Å²) in [6.07, 6.45) is 5.29. The minimum absolute atomic E-state index is 0.0240. The van der Waals surface area contributed by atoms with Crippen molar-refractivity contribution in [3.8, 4) is 5.75 Å². The first-order valence-corrected chi connectivity index (χ1v) is 8.74. The number of hydrogen-bond acceptors (Lipinski definition) is 4. The van der Waals surface area contributed by atoms with Crippen LogP contribution in [-0.2, 0) is 0 Å². The van der Waals surface area contributed by atoms with Gasteiger partial charge in [-0.2, -0.15) is 0 Å². The molecule has 0 radical (unpaired) electrons. The standard InChI is InChI=1S/C20H19FN2O3/c21-18-10-12(9-13(11-24)19(18)25)20(26)22-14-1-3-15(4-2-14)23-16-5-6-17(23)8-7-16/h1-4,9-11,16-17,25H,5-8H2,(H,22,26)/t16-,17-. The molecule has 0 aromatic heterocycles. The minimum atomic E-state index is -1.00. The fourth-order valence-corrected chi connectivity index (χ4v) is 4.10. The smallest absolute Gasteiger partial charge is 0.255 e. The van der Waals surface area contributed by atoms with Crippen molar-refractivity contribution >= 4 is 23.6 Å². The van der Waals surface area contributed by atoms with Crippen LogP contribution in [-0.4, -0.2) is 29.4 Å². The topological polar surface area (TPSA) is 69.6 Å². The summed E-state index contributed by atoms with van der Waals surface area (Å²) in [4.78, 5) is 25.7. The Kier molecular flexibility index (Phi) is 4.11. The van der Waals surface area contributed by atoms with Crippen molar-refractivity contribution in [1.82, 2.24) is 0 Å². The van der Waals surface area contributed by atoms with E-state index in [9.17, 15) is 19.1 Å². The summed E-state index contributed by atoms with van der Waals surface area (Å²) in [5, 5.41) is 12.1. The van der Waals surface area contributed by atoms with Gasteiger partial charge in [0.15, 0.2) is 17.9 Å². The maximum atomic E-state index is 13.6. The normalized spacial score (nSPS) is 21.0. The molecule has 0 aliphatic carbocycles. The molecule has 5 nitrogen and oxygen atoms in total. The van der Waals surface area contributed by atoms with Crippen LogP contribution < -0.4 is 10.2 Å². The summed E-state index contributed by atoms with van der Waals surface area (Å²) >= 11 is 0. The number of hydrogen-bond donors (Lipinski definition) is 2. The van der Waals surface area contributed by atoms with Crippen molar-refractivity contribution in [2.24, 2.45) is 0 Å². The van der Waals surface area contributed by atoms with Gasteiger partial charge in [-0.25, -0.2) is 4.39 Å². The number of phenolic OH excluding ortho intramolecular Hbond substituents is 1. The highest BCUT2D eigenvalue weighted by atomic mass is 19.1. The van der Waals surface area contributed by atoms with Gasteiger partial charge in [-0.3, -0.25) is 9.59 Å². The van der Waals surface area contributed by atoms with Gasteiger partial charge in [0, 0.05) is 29.0 Å². The second-order valence-electron chi connectivity index (χ2n) is 6.88. The van der Waals surface area contributed by atoms with Crippen LogP contribution in [0.1, 0.15) is 46.4 Å². The Labute approximate surface area is 150 Å². The number of rotatable bonds is 4. The molecule has 0 saturated carbocycles. The van der Waals surface area contributed by atoms with Gasteiger partial charge in [0.25, 0.3) is 5.91 Å². The van der Waals surface area contributed by atoms with E-state index in [0.29, 0.717) is 24.1 Å². The number of anilines is 2. The molecule has 2 aliphatic heterocycles. The highest BCUT2D eigenvalue weighted by Crippen LogP contribution is 2.41. The maximum absolute atomic E-state index is 13.6. The summed E-state index contributed by atoms with van der Waals surface area (Å²) in [5.74, 6) is -2.29. The molecule has 2 aromatic carbocycles. The molecule has 0 atom stereocenters. The second kappa shape index (κ2) is 6.44. The fraction of sp³-hybridized carbons (Fsp3) is 0.300. The van der Waals surface area contributed by atoms with E-state index in [4.69, 9.17) is 0 Å². The SMILES string of the molecule is O=Cc1cc(C(=O)Nc2ccc(N3[C@H]4CC[C@H]3CC4)cc2)cc(F)c1O. The largest absolute Gasteiger partial charge is 0.504 e. The van der Waals surface area contributed by atoms with Crippen molar-refractivity contribution in [3.05, 3.63) is 53.3 Å². The Bertz CT molecular complexity index is 846. The molecular formula is C20H19FN2O3. The lowest BCUT2D eigenvalue weighted by molar-refractivity contribution is 0.102. The summed E-state index contributed by atoms with van der Waals surface area (Å²) in [6.45, 7) is 0. The van der Waals surface area contributed by atoms with Crippen molar-refractivity contribution in [1.29, 1.82) is 0 Å². The molecule has 2 fully saturated rings. The quantitative estimate of drug-likeness (QED) is 0.821. The van der Waals surface area contributed by atoms with Gasteiger partial charge in [-0.15, -0.1) is 0 Å². The van der Waals surface area contributed by atoms with Gasteiger partial charge in [0.1, 0.15) is 0 Å². The molecule has 2 N–H and O–H groups in total. The number of aromatic hydroxyl groups is 1. The van der Waals surface area contributed by atoms with Crippen LogP contribution in [0.3, 0.4) is 0 Å². The van der Waals surface area contributed by atoms with Gasteiger partial charge in [0.2, 0.25) is 0 Å². The number of amides is 1. The van der Waals surface area contributed by atoms with Gasteiger partial charge in [-0.1, -0.05) is 0 Å². The van der Waals surface area contributed by atoms with Crippen molar-refractivity contribution < 1.29 is 19.1 Å². The zero-order valence-electron chi connectivity index (χ0n) is 14.1. The average molecular weight is 354 g/mol. The van der Waals surface area contributed by atoms with E-state index in [1.807, 2.05) is 24.3 Å². The van der Waals surface area contributed by atoms with Crippen LogP contribution in [0.4, 0.5) is 15.8 Å². The predicted octanol–water partition coefficient (Wildman–Crippen LogP) is 3.73. The summed E-state index contributed by atoms with van der Waals surface area (Å²) in [7, 11) is 0. The first kappa shape index (κ1) is 16.6. The Hall–Kier alpha value is -2.89. The third-order valence-electron chi connectivity index (χ3n) is 5.36. The molecule has 4 rings (SSSR count). The predicted molar refractivity (Wildman–Crippen MR) is 96.4 cm³/mol. The average Bonchev–Trinajstić information content (AvgIpc) is 3.25. The Morgan fingerprint density at radius 3 is 2.31 bits per heavy atom. The third kappa shape index (κ3) is 2.81. The molecule has 1 amide bonds. The van der Waals surface area contributed by atoms with Crippen LogP contribution in [0.15, 0.2) is 36.4 Å². The van der Waals surface area contributed by atoms with Crippen LogP contribution in [0.2, 0.25) is 0 Å². The molecule has 2 saturated heterocycles. The number of carbonyl (C=O) groups is 2. The summed E-state index contributed by atoms with van der Waals surface area (Å²) in [6, 6.07) is 10.9. The number of fused-ring (bicyclic) bond motifs is 2. The van der Waals surface area contributed by atoms with Gasteiger partial charge in [-0.05, 0) is 62.1 Å². The van der Waals surface area contributed by atoms with E-state index >= 15 is 0 Å². The van der Waals surface area contributed by atoms with E-state index in [-0.39, 0.29) is 11.1 Å². The van der Waals surface area contributed by atoms with E-state index in [2.05, 4.69) is 10.2 Å². The highest BCUT2D eigenvalue weighted by Gasteiger charge is 2.39. The molecule has 2 heterocycles. The van der Waals surface area contributed by atoms with Crippen LogP contribution in [0.25, 0.3) is 0 Å². The van der Waals surface area contributed by atoms with Crippen LogP contribution in [0.5, 0.6) is 5.75 Å². The molecule has 0 unspecified atom stereocenters. The molecule has 6 heteroatoms. The molecular weight excluding hydrogens is 335 g/mol. The number of benzene rings is 2. The molecule has 0 spiro atoms. The van der Waals surface area contributed by atoms with Gasteiger partial charge >= 0.3 is 0 Å². The van der Waals surface area contributed by atoms with E-state index in [0.717, 1.165) is 17.8 Å². The number of halogens is 1. The van der Waals surface area contributed by atoms with Crippen molar-refractivity contribution in [2.75, 3.05) is 10.2 Å². The summed E-state index contributed by atoms with van der Waals surface area (Å²) in [5.41, 5.74) is 1.47. The van der Waals surface area contributed by atoms with Crippen LogP contribution >= 0.6 is 0 Å². The Morgan fingerprint density at radius 2 is 1.73 bits per heavy atom. The number of phenols is 1. The van der Waals surface area contributed by atoms with E-state index in [1.165, 1.54) is 25.7 Å². The maximum Gasteiger partial charge on any atom is 0.255 e. The lowest BCUT2D eigenvalue weighted by Gasteiger charge is -2.24. The van der Waals surface area contributed by atoms with Gasteiger partial charge in [0.05, 0.1) is 5.56 Å².